The molecule has 0 radical (unpaired) electrons. The minimum atomic E-state index is 0.612. The number of fused-ring (bicyclic) bond motifs is 1. The molecule has 0 aliphatic heterocycles. The molecule has 0 unspecified atom stereocenters. The van der Waals surface area contributed by atoms with Crippen LogP contribution in [0.3, 0.4) is 0 Å². The Labute approximate surface area is 119 Å². The molecule has 2 aliphatic carbocycles. The fraction of sp³-hybridized carbons (Fsp3) is 0.625. The van der Waals surface area contributed by atoms with E-state index in [0.717, 1.165) is 11.5 Å². The summed E-state index contributed by atoms with van der Waals surface area (Å²) in [5, 5.41) is 8.11. The summed E-state index contributed by atoms with van der Waals surface area (Å²) in [6.07, 6.45) is 12.4. The van der Waals surface area contributed by atoms with Crippen LogP contribution in [0.1, 0.15) is 63.0 Å². The monoisotopic (exact) mass is 270 g/mol. The highest BCUT2D eigenvalue weighted by Crippen LogP contribution is 2.34. The van der Waals surface area contributed by atoms with Crippen LogP contribution in [0.2, 0.25) is 0 Å². The molecule has 0 amide bonds. The largest absolute Gasteiger partial charge is 0.367 e. The fourth-order valence-electron chi connectivity index (χ4n) is 3.75. The standard InChI is InChI=1S/C16H22N4/c1-2-6-12(5-1)14-11-16(18-13-7-3-4-8-13)20-15(19-14)9-10-17-20/h9-13,18H,1-8H2. The smallest absolute Gasteiger partial charge is 0.157 e. The van der Waals surface area contributed by atoms with Crippen molar-refractivity contribution in [2.24, 2.45) is 0 Å². The summed E-state index contributed by atoms with van der Waals surface area (Å²) in [6, 6.07) is 4.87. The molecule has 106 valence electrons. The molecule has 4 nitrogen and oxygen atoms in total. The van der Waals surface area contributed by atoms with Crippen molar-refractivity contribution in [3.8, 4) is 0 Å². The molecule has 20 heavy (non-hydrogen) atoms. The van der Waals surface area contributed by atoms with Crippen LogP contribution in [-0.2, 0) is 0 Å². The van der Waals surface area contributed by atoms with Gasteiger partial charge in [0.1, 0.15) is 5.82 Å². The lowest BCUT2D eigenvalue weighted by atomic mass is 10.0. The Morgan fingerprint density at radius 1 is 1.05 bits per heavy atom. The van der Waals surface area contributed by atoms with E-state index in [0.29, 0.717) is 12.0 Å². The highest BCUT2D eigenvalue weighted by Gasteiger charge is 2.21. The highest BCUT2D eigenvalue weighted by atomic mass is 15.3. The molecule has 0 saturated heterocycles. The van der Waals surface area contributed by atoms with Gasteiger partial charge in [0, 0.05) is 29.8 Å². The number of nitrogens with zero attached hydrogens (tertiary/aromatic N) is 3. The summed E-state index contributed by atoms with van der Waals surface area (Å²) in [6.45, 7) is 0. The Balaban J connectivity index is 1.70. The number of hydrogen-bond acceptors (Lipinski definition) is 3. The minimum absolute atomic E-state index is 0.612. The molecular formula is C16H22N4. The number of nitrogens with one attached hydrogen (secondary N) is 1. The van der Waals surface area contributed by atoms with Crippen LogP contribution < -0.4 is 5.32 Å². The van der Waals surface area contributed by atoms with E-state index in [1.807, 2.05) is 16.8 Å². The summed E-state index contributed by atoms with van der Waals surface area (Å²) in [5.41, 5.74) is 2.24. The molecule has 0 aromatic carbocycles. The second kappa shape index (κ2) is 5.08. The van der Waals surface area contributed by atoms with E-state index in [4.69, 9.17) is 4.98 Å². The van der Waals surface area contributed by atoms with Crippen molar-refractivity contribution in [3.63, 3.8) is 0 Å². The minimum Gasteiger partial charge on any atom is -0.367 e. The first kappa shape index (κ1) is 12.2. The average Bonchev–Trinajstić information content (AvgIpc) is 3.21. The zero-order valence-corrected chi connectivity index (χ0v) is 11.9. The molecule has 2 aromatic rings. The van der Waals surface area contributed by atoms with Crippen LogP contribution in [0, 0.1) is 0 Å². The van der Waals surface area contributed by atoms with Crippen LogP contribution in [-0.4, -0.2) is 20.6 Å². The Hall–Kier alpha value is -1.58. The van der Waals surface area contributed by atoms with Gasteiger partial charge in [-0.15, -0.1) is 0 Å². The maximum atomic E-state index is 4.81. The third-order valence-corrected chi connectivity index (χ3v) is 4.86. The first-order chi connectivity index (χ1) is 9.90. The molecule has 4 rings (SSSR count). The molecule has 2 saturated carbocycles. The zero-order chi connectivity index (χ0) is 13.4. The molecule has 2 aliphatic rings. The van der Waals surface area contributed by atoms with Crippen LogP contribution in [0.15, 0.2) is 18.3 Å². The van der Waals surface area contributed by atoms with E-state index in [1.165, 1.54) is 57.1 Å². The Bertz CT molecular complexity index is 592. The lowest BCUT2D eigenvalue weighted by Gasteiger charge is -2.17. The summed E-state index contributed by atoms with van der Waals surface area (Å²) in [5.74, 6) is 1.79. The molecular weight excluding hydrogens is 248 g/mol. The zero-order valence-electron chi connectivity index (χ0n) is 11.9. The predicted octanol–water partition coefficient (Wildman–Crippen LogP) is 3.74. The van der Waals surface area contributed by atoms with E-state index in [-0.39, 0.29) is 0 Å². The SMILES string of the molecule is c1cc2nc(C3CCCC3)cc(NC3CCCC3)n2n1. The molecule has 4 heteroatoms. The van der Waals surface area contributed by atoms with Gasteiger partial charge in [0.2, 0.25) is 0 Å². The number of hydrogen-bond donors (Lipinski definition) is 1. The van der Waals surface area contributed by atoms with Crippen LogP contribution in [0.5, 0.6) is 0 Å². The quantitative estimate of drug-likeness (QED) is 0.923. The third-order valence-electron chi connectivity index (χ3n) is 4.86. The summed E-state index contributed by atoms with van der Waals surface area (Å²) in [7, 11) is 0. The lowest BCUT2D eigenvalue weighted by Crippen LogP contribution is -2.18. The second-order valence-corrected chi connectivity index (χ2v) is 6.27. The van der Waals surface area contributed by atoms with Gasteiger partial charge in [0.15, 0.2) is 5.65 Å². The van der Waals surface area contributed by atoms with Gasteiger partial charge in [-0.05, 0) is 25.7 Å². The van der Waals surface area contributed by atoms with Gasteiger partial charge in [0.05, 0.1) is 6.20 Å². The van der Waals surface area contributed by atoms with Crippen molar-refractivity contribution < 1.29 is 0 Å². The van der Waals surface area contributed by atoms with E-state index in [1.54, 1.807) is 0 Å². The van der Waals surface area contributed by atoms with Gasteiger partial charge in [-0.1, -0.05) is 25.7 Å². The Morgan fingerprint density at radius 3 is 2.60 bits per heavy atom. The van der Waals surface area contributed by atoms with Gasteiger partial charge in [0.25, 0.3) is 0 Å². The van der Waals surface area contributed by atoms with E-state index >= 15 is 0 Å². The van der Waals surface area contributed by atoms with Gasteiger partial charge < -0.3 is 5.32 Å². The number of rotatable bonds is 3. The lowest BCUT2D eigenvalue weighted by molar-refractivity contribution is 0.690. The molecule has 2 heterocycles. The summed E-state index contributed by atoms with van der Waals surface area (Å²) >= 11 is 0. The van der Waals surface area contributed by atoms with Crippen molar-refractivity contribution in [1.82, 2.24) is 14.6 Å². The van der Waals surface area contributed by atoms with E-state index in [2.05, 4.69) is 16.5 Å². The van der Waals surface area contributed by atoms with Gasteiger partial charge in [-0.2, -0.15) is 9.61 Å². The van der Waals surface area contributed by atoms with Crippen LogP contribution in [0.25, 0.3) is 5.65 Å². The fourth-order valence-corrected chi connectivity index (χ4v) is 3.75. The maximum Gasteiger partial charge on any atom is 0.157 e. The molecule has 2 aromatic heterocycles. The topological polar surface area (TPSA) is 42.2 Å². The molecule has 0 atom stereocenters. The molecule has 2 fully saturated rings. The maximum absolute atomic E-state index is 4.81. The normalized spacial score (nSPS) is 21.0. The number of aromatic nitrogens is 3. The summed E-state index contributed by atoms with van der Waals surface area (Å²) < 4.78 is 1.96. The second-order valence-electron chi connectivity index (χ2n) is 6.27. The average molecular weight is 270 g/mol. The highest BCUT2D eigenvalue weighted by molar-refractivity contribution is 5.50. The summed E-state index contributed by atoms with van der Waals surface area (Å²) in [4.78, 5) is 4.81. The predicted molar refractivity (Wildman–Crippen MR) is 80.1 cm³/mol. The first-order valence-corrected chi connectivity index (χ1v) is 8.01. The van der Waals surface area contributed by atoms with Crippen molar-refractivity contribution in [1.29, 1.82) is 0 Å². The van der Waals surface area contributed by atoms with Crippen molar-refractivity contribution in [2.75, 3.05) is 5.32 Å². The van der Waals surface area contributed by atoms with Crippen LogP contribution in [0.4, 0.5) is 5.82 Å². The third kappa shape index (κ3) is 2.17. The van der Waals surface area contributed by atoms with Gasteiger partial charge >= 0.3 is 0 Å². The molecule has 1 N–H and O–H groups in total. The van der Waals surface area contributed by atoms with Crippen LogP contribution >= 0.6 is 0 Å². The van der Waals surface area contributed by atoms with E-state index < -0.39 is 0 Å². The molecule has 0 bridgehead atoms. The van der Waals surface area contributed by atoms with Gasteiger partial charge in [-0.25, -0.2) is 4.98 Å². The van der Waals surface area contributed by atoms with E-state index in [9.17, 15) is 0 Å². The van der Waals surface area contributed by atoms with Gasteiger partial charge in [-0.3, -0.25) is 0 Å². The van der Waals surface area contributed by atoms with Crippen molar-refractivity contribution in [2.45, 2.75) is 63.3 Å². The molecule has 0 spiro atoms. The Kier molecular flexibility index (Phi) is 3.09. The van der Waals surface area contributed by atoms with Crippen molar-refractivity contribution >= 4 is 11.5 Å². The first-order valence-electron chi connectivity index (χ1n) is 8.01. The van der Waals surface area contributed by atoms with Crippen molar-refractivity contribution in [3.05, 3.63) is 24.0 Å². The Morgan fingerprint density at radius 2 is 1.80 bits per heavy atom. The number of anilines is 1.